The van der Waals surface area contributed by atoms with Crippen molar-refractivity contribution in [2.75, 3.05) is 5.32 Å². The molecule has 0 spiro atoms. The molecule has 1 atom stereocenters. The Morgan fingerprint density at radius 3 is 2.47 bits per heavy atom. The first-order valence-corrected chi connectivity index (χ1v) is 6.24. The maximum atomic E-state index is 11.6. The van der Waals surface area contributed by atoms with Gasteiger partial charge in [-0.15, -0.1) is 0 Å². The summed E-state index contributed by atoms with van der Waals surface area (Å²) in [4.78, 5) is 11.6. The SMILES string of the molecule is CC(N)CCCC(=O)Nc1cc(Cl)cc(Cl)c1. The maximum absolute atomic E-state index is 11.6. The van der Waals surface area contributed by atoms with Gasteiger partial charge in [0, 0.05) is 28.2 Å². The van der Waals surface area contributed by atoms with Crippen LogP contribution in [0.15, 0.2) is 18.2 Å². The summed E-state index contributed by atoms with van der Waals surface area (Å²) in [7, 11) is 0. The highest BCUT2D eigenvalue weighted by molar-refractivity contribution is 6.35. The van der Waals surface area contributed by atoms with Crippen molar-refractivity contribution in [3.63, 3.8) is 0 Å². The fourth-order valence-electron chi connectivity index (χ4n) is 1.43. The summed E-state index contributed by atoms with van der Waals surface area (Å²) in [5.41, 5.74) is 6.22. The number of amides is 1. The molecule has 1 rings (SSSR count). The van der Waals surface area contributed by atoms with Gasteiger partial charge in [-0.1, -0.05) is 23.2 Å². The van der Waals surface area contributed by atoms with Crippen molar-refractivity contribution in [2.24, 2.45) is 5.73 Å². The standard InChI is InChI=1S/C12H16Cl2N2O/c1-8(15)3-2-4-12(17)16-11-6-9(13)5-10(14)7-11/h5-8H,2-4,15H2,1H3,(H,16,17). The monoisotopic (exact) mass is 274 g/mol. The highest BCUT2D eigenvalue weighted by atomic mass is 35.5. The predicted molar refractivity (Wildman–Crippen MR) is 72.6 cm³/mol. The van der Waals surface area contributed by atoms with E-state index in [1.165, 1.54) is 0 Å². The molecule has 3 nitrogen and oxygen atoms in total. The molecule has 0 bridgehead atoms. The van der Waals surface area contributed by atoms with E-state index in [1.807, 2.05) is 6.92 Å². The Morgan fingerprint density at radius 1 is 1.35 bits per heavy atom. The third kappa shape index (κ3) is 5.91. The van der Waals surface area contributed by atoms with Crippen molar-refractivity contribution < 1.29 is 4.79 Å². The molecule has 5 heteroatoms. The minimum Gasteiger partial charge on any atom is -0.328 e. The molecule has 3 N–H and O–H groups in total. The minimum atomic E-state index is -0.0519. The van der Waals surface area contributed by atoms with Crippen LogP contribution >= 0.6 is 23.2 Å². The number of nitrogens with two attached hydrogens (primary N) is 1. The van der Waals surface area contributed by atoms with E-state index >= 15 is 0 Å². The van der Waals surface area contributed by atoms with Gasteiger partial charge < -0.3 is 11.1 Å². The zero-order chi connectivity index (χ0) is 12.8. The molecule has 1 aromatic carbocycles. The van der Waals surface area contributed by atoms with Gasteiger partial charge >= 0.3 is 0 Å². The first kappa shape index (κ1) is 14.3. The Balaban J connectivity index is 2.45. The minimum absolute atomic E-state index is 0.0519. The van der Waals surface area contributed by atoms with Crippen LogP contribution in [0.25, 0.3) is 0 Å². The van der Waals surface area contributed by atoms with Gasteiger partial charge in [0.25, 0.3) is 0 Å². The van der Waals surface area contributed by atoms with E-state index in [1.54, 1.807) is 18.2 Å². The lowest BCUT2D eigenvalue weighted by Gasteiger charge is -2.07. The van der Waals surface area contributed by atoms with Gasteiger partial charge in [-0.25, -0.2) is 0 Å². The van der Waals surface area contributed by atoms with Crippen LogP contribution in [0.1, 0.15) is 26.2 Å². The summed E-state index contributed by atoms with van der Waals surface area (Å²) in [6, 6.07) is 5.08. The quantitative estimate of drug-likeness (QED) is 0.864. The summed E-state index contributed by atoms with van der Waals surface area (Å²) in [5, 5.41) is 3.75. The first-order chi connectivity index (χ1) is 7.97. The van der Waals surface area contributed by atoms with E-state index in [0.717, 1.165) is 12.8 Å². The normalized spacial score (nSPS) is 12.2. The van der Waals surface area contributed by atoms with Crippen LogP contribution < -0.4 is 11.1 Å². The maximum Gasteiger partial charge on any atom is 0.224 e. The third-order valence-corrected chi connectivity index (χ3v) is 2.65. The Bertz CT molecular complexity index is 374. The number of halogens is 2. The van der Waals surface area contributed by atoms with Crippen molar-refractivity contribution >= 4 is 34.8 Å². The number of benzene rings is 1. The molecule has 0 aliphatic rings. The van der Waals surface area contributed by atoms with Crippen LogP contribution in [0, 0.1) is 0 Å². The van der Waals surface area contributed by atoms with E-state index in [0.29, 0.717) is 22.2 Å². The van der Waals surface area contributed by atoms with Crippen molar-refractivity contribution in [3.8, 4) is 0 Å². The molecule has 0 aliphatic carbocycles. The van der Waals surface area contributed by atoms with Crippen molar-refractivity contribution in [2.45, 2.75) is 32.2 Å². The summed E-state index contributed by atoms with van der Waals surface area (Å²) in [6.45, 7) is 1.93. The van der Waals surface area contributed by atoms with Crippen molar-refractivity contribution in [3.05, 3.63) is 28.2 Å². The molecular formula is C12H16Cl2N2O. The molecule has 0 aromatic heterocycles. The molecule has 0 radical (unpaired) electrons. The molecular weight excluding hydrogens is 259 g/mol. The Kier molecular flexibility index (Phi) is 5.75. The number of hydrogen-bond acceptors (Lipinski definition) is 2. The second-order valence-corrected chi connectivity index (χ2v) is 4.95. The summed E-state index contributed by atoms with van der Waals surface area (Å²) in [6.07, 6.45) is 2.06. The zero-order valence-corrected chi connectivity index (χ0v) is 11.2. The van der Waals surface area contributed by atoms with Gasteiger partial charge in [-0.2, -0.15) is 0 Å². The molecule has 1 aromatic rings. The number of carbonyl (C=O) groups is 1. The molecule has 0 saturated heterocycles. The van der Waals surface area contributed by atoms with E-state index in [9.17, 15) is 4.79 Å². The molecule has 94 valence electrons. The lowest BCUT2D eigenvalue weighted by atomic mass is 10.1. The average Bonchev–Trinajstić information content (AvgIpc) is 2.14. The molecule has 1 amide bonds. The molecule has 0 fully saturated rings. The smallest absolute Gasteiger partial charge is 0.224 e. The van der Waals surface area contributed by atoms with Gasteiger partial charge in [-0.3, -0.25) is 4.79 Å². The van der Waals surface area contributed by atoms with Gasteiger partial charge in [0.15, 0.2) is 0 Å². The number of hydrogen-bond donors (Lipinski definition) is 2. The lowest BCUT2D eigenvalue weighted by Crippen LogP contribution is -2.16. The van der Waals surface area contributed by atoms with Gasteiger partial charge in [0.05, 0.1) is 0 Å². The van der Waals surface area contributed by atoms with Gasteiger partial charge in [0.2, 0.25) is 5.91 Å². The van der Waals surface area contributed by atoms with Crippen molar-refractivity contribution in [1.29, 1.82) is 0 Å². The van der Waals surface area contributed by atoms with Crippen LogP contribution in [0.2, 0.25) is 10.0 Å². The fourth-order valence-corrected chi connectivity index (χ4v) is 1.96. The number of carbonyl (C=O) groups excluding carboxylic acids is 1. The average molecular weight is 275 g/mol. The zero-order valence-electron chi connectivity index (χ0n) is 9.67. The molecule has 17 heavy (non-hydrogen) atoms. The van der Waals surface area contributed by atoms with Crippen LogP contribution in [-0.4, -0.2) is 11.9 Å². The second-order valence-electron chi connectivity index (χ2n) is 4.08. The number of anilines is 1. The largest absolute Gasteiger partial charge is 0.328 e. The van der Waals surface area contributed by atoms with Gasteiger partial charge in [-0.05, 0) is 38.0 Å². The lowest BCUT2D eigenvalue weighted by molar-refractivity contribution is -0.116. The Hall–Kier alpha value is -0.770. The van der Waals surface area contributed by atoms with Crippen LogP contribution in [0.5, 0.6) is 0 Å². The summed E-state index contributed by atoms with van der Waals surface area (Å²) < 4.78 is 0. The first-order valence-electron chi connectivity index (χ1n) is 5.49. The Morgan fingerprint density at radius 2 is 1.94 bits per heavy atom. The third-order valence-electron chi connectivity index (χ3n) is 2.21. The molecule has 0 aliphatic heterocycles. The number of rotatable bonds is 5. The van der Waals surface area contributed by atoms with E-state index < -0.39 is 0 Å². The predicted octanol–water partition coefficient (Wildman–Crippen LogP) is 3.45. The molecule has 0 saturated carbocycles. The fraction of sp³-hybridized carbons (Fsp3) is 0.417. The van der Waals surface area contributed by atoms with Crippen LogP contribution in [0.3, 0.4) is 0 Å². The van der Waals surface area contributed by atoms with Crippen molar-refractivity contribution in [1.82, 2.24) is 0 Å². The van der Waals surface area contributed by atoms with E-state index in [-0.39, 0.29) is 11.9 Å². The summed E-state index contributed by atoms with van der Waals surface area (Å²) >= 11 is 11.7. The van der Waals surface area contributed by atoms with Gasteiger partial charge in [0.1, 0.15) is 0 Å². The summed E-state index contributed by atoms with van der Waals surface area (Å²) in [5.74, 6) is -0.0519. The molecule has 1 unspecified atom stereocenters. The second kappa shape index (κ2) is 6.84. The van der Waals surface area contributed by atoms with Crippen LogP contribution in [0.4, 0.5) is 5.69 Å². The van der Waals surface area contributed by atoms with E-state index in [4.69, 9.17) is 28.9 Å². The topological polar surface area (TPSA) is 55.1 Å². The van der Waals surface area contributed by atoms with E-state index in [2.05, 4.69) is 5.32 Å². The molecule has 0 heterocycles. The number of nitrogens with one attached hydrogen (secondary N) is 1. The highest BCUT2D eigenvalue weighted by Gasteiger charge is 2.05. The van der Waals surface area contributed by atoms with Crippen LogP contribution in [-0.2, 0) is 4.79 Å². The Labute approximate surface area is 111 Å². The highest BCUT2D eigenvalue weighted by Crippen LogP contribution is 2.22.